The third kappa shape index (κ3) is 1.99. The Hall–Kier alpha value is -0.0200. The fraction of sp³-hybridized carbons (Fsp3) is 0.857. The first-order valence-electron chi connectivity index (χ1n) is 3.74. The van der Waals surface area contributed by atoms with E-state index >= 15 is 0 Å². The molecule has 0 aromatic carbocycles. The standard InChI is InChI=1S/C7H13NOS/c1-2-10-7(9)6-4-3-5-8-6/h6,8H,2-5H2,1H3/t6-/m0/s1. The lowest BCUT2D eigenvalue weighted by atomic mass is 10.2. The normalized spacial score (nSPS) is 25.1. The second kappa shape index (κ2) is 3.98. The largest absolute Gasteiger partial charge is 0.307 e. The van der Waals surface area contributed by atoms with Crippen LogP contribution in [0.4, 0.5) is 0 Å². The molecule has 1 aliphatic heterocycles. The molecule has 0 saturated carbocycles. The average Bonchev–Trinajstić information content (AvgIpc) is 2.38. The molecule has 1 N–H and O–H groups in total. The monoisotopic (exact) mass is 159 g/mol. The second-order valence-corrected chi connectivity index (χ2v) is 3.67. The molecule has 0 amide bonds. The van der Waals surface area contributed by atoms with Crippen LogP contribution < -0.4 is 5.32 Å². The van der Waals surface area contributed by atoms with Crippen molar-refractivity contribution in [3.63, 3.8) is 0 Å². The third-order valence-corrected chi connectivity index (χ3v) is 2.49. The van der Waals surface area contributed by atoms with Crippen molar-refractivity contribution < 1.29 is 4.79 Å². The maximum absolute atomic E-state index is 11.1. The predicted octanol–water partition coefficient (Wildman–Crippen LogP) is 1.02. The number of nitrogens with one attached hydrogen (secondary N) is 1. The predicted molar refractivity (Wildman–Crippen MR) is 44.2 cm³/mol. The molecular formula is C7H13NOS. The SMILES string of the molecule is CCSC(=O)[C@@H]1CCCN1. The number of hydrogen-bond donors (Lipinski definition) is 1. The number of carbonyl (C=O) groups is 1. The zero-order chi connectivity index (χ0) is 7.40. The van der Waals surface area contributed by atoms with E-state index < -0.39 is 0 Å². The molecule has 0 spiro atoms. The van der Waals surface area contributed by atoms with Crippen LogP contribution in [0.2, 0.25) is 0 Å². The van der Waals surface area contributed by atoms with Gasteiger partial charge in [-0.3, -0.25) is 4.79 Å². The van der Waals surface area contributed by atoms with Crippen molar-refractivity contribution in [1.82, 2.24) is 5.32 Å². The molecule has 0 aromatic rings. The van der Waals surface area contributed by atoms with Gasteiger partial charge in [0.05, 0.1) is 6.04 Å². The first-order chi connectivity index (χ1) is 4.84. The molecule has 0 radical (unpaired) electrons. The van der Waals surface area contributed by atoms with Gasteiger partial charge in [0.25, 0.3) is 0 Å². The highest BCUT2D eigenvalue weighted by atomic mass is 32.2. The summed E-state index contributed by atoms with van der Waals surface area (Å²) in [5, 5.41) is 3.49. The molecule has 2 nitrogen and oxygen atoms in total. The molecule has 1 saturated heterocycles. The molecule has 0 unspecified atom stereocenters. The van der Waals surface area contributed by atoms with E-state index in [1.54, 1.807) is 0 Å². The highest BCUT2D eigenvalue weighted by molar-refractivity contribution is 8.13. The zero-order valence-electron chi connectivity index (χ0n) is 6.22. The first-order valence-corrected chi connectivity index (χ1v) is 4.73. The Labute approximate surface area is 65.8 Å². The Morgan fingerprint density at radius 2 is 2.60 bits per heavy atom. The fourth-order valence-corrected chi connectivity index (χ4v) is 1.82. The van der Waals surface area contributed by atoms with Gasteiger partial charge in [0, 0.05) is 0 Å². The molecule has 58 valence electrons. The highest BCUT2D eigenvalue weighted by Crippen LogP contribution is 2.13. The molecule has 1 aliphatic rings. The van der Waals surface area contributed by atoms with Crippen molar-refractivity contribution in [1.29, 1.82) is 0 Å². The van der Waals surface area contributed by atoms with Gasteiger partial charge in [0.15, 0.2) is 0 Å². The van der Waals surface area contributed by atoms with Gasteiger partial charge >= 0.3 is 0 Å². The van der Waals surface area contributed by atoms with E-state index in [1.807, 2.05) is 6.92 Å². The summed E-state index contributed by atoms with van der Waals surface area (Å²) in [6.07, 6.45) is 2.19. The lowest BCUT2D eigenvalue weighted by Gasteiger charge is -2.05. The van der Waals surface area contributed by atoms with Gasteiger partial charge in [-0.15, -0.1) is 0 Å². The molecule has 0 aromatic heterocycles. The highest BCUT2D eigenvalue weighted by Gasteiger charge is 2.21. The second-order valence-electron chi connectivity index (χ2n) is 2.40. The minimum atomic E-state index is 0.157. The number of carbonyl (C=O) groups excluding carboxylic acids is 1. The zero-order valence-corrected chi connectivity index (χ0v) is 7.04. The summed E-state index contributed by atoms with van der Waals surface area (Å²) < 4.78 is 0. The van der Waals surface area contributed by atoms with E-state index in [0.29, 0.717) is 5.12 Å². The first kappa shape index (κ1) is 8.08. The topological polar surface area (TPSA) is 29.1 Å². The van der Waals surface area contributed by atoms with Crippen molar-refractivity contribution in [2.45, 2.75) is 25.8 Å². The lowest BCUT2D eigenvalue weighted by molar-refractivity contribution is -0.112. The minimum Gasteiger partial charge on any atom is -0.307 e. The van der Waals surface area contributed by atoms with Gasteiger partial charge < -0.3 is 5.32 Å². The molecule has 0 aliphatic carbocycles. The fourth-order valence-electron chi connectivity index (χ4n) is 1.13. The summed E-state index contributed by atoms with van der Waals surface area (Å²) >= 11 is 1.43. The third-order valence-electron chi connectivity index (χ3n) is 1.63. The summed E-state index contributed by atoms with van der Waals surface area (Å²) in [6, 6.07) is 0.157. The van der Waals surface area contributed by atoms with Gasteiger partial charge in [0.2, 0.25) is 5.12 Å². The van der Waals surface area contributed by atoms with E-state index in [0.717, 1.165) is 25.1 Å². The van der Waals surface area contributed by atoms with Gasteiger partial charge in [-0.05, 0) is 25.1 Å². The number of rotatable bonds is 2. The average molecular weight is 159 g/mol. The van der Waals surface area contributed by atoms with Crippen LogP contribution in [-0.4, -0.2) is 23.5 Å². The molecular weight excluding hydrogens is 146 g/mol. The van der Waals surface area contributed by atoms with Crippen LogP contribution in [0.1, 0.15) is 19.8 Å². The molecule has 0 bridgehead atoms. The van der Waals surface area contributed by atoms with Gasteiger partial charge in [-0.2, -0.15) is 0 Å². The Morgan fingerprint density at radius 1 is 1.80 bits per heavy atom. The summed E-state index contributed by atoms with van der Waals surface area (Å²) in [7, 11) is 0. The quantitative estimate of drug-likeness (QED) is 0.652. The van der Waals surface area contributed by atoms with Crippen LogP contribution >= 0.6 is 11.8 Å². The molecule has 3 heteroatoms. The van der Waals surface area contributed by atoms with E-state index in [4.69, 9.17) is 0 Å². The molecule has 1 fully saturated rings. The van der Waals surface area contributed by atoms with E-state index in [9.17, 15) is 4.79 Å². The summed E-state index contributed by atoms with van der Waals surface area (Å²) in [5.41, 5.74) is 0. The van der Waals surface area contributed by atoms with E-state index in [1.165, 1.54) is 11.8 Å². The maximum Gasteiger partial charge on any atom is 0.205 e. The molecule has 10 heavy (non-hydrogen) atoms. The van der Waals surface area contributed by atoms with Gasteiger partial charge in [-0.1, -0.05) is 18.7 Å². The number of hydrogen-bond acceptors (Lipinski definition) is 3. The van der Waals surface area contributed by atoms with Crippen LogP contribution in [0.25, 0.3) is 0 Å². The van der Waals surface area contributed by atoms with Crippen LogP contribution in [0.5, 0.6) is 0 Å². The van der Waals surface area contributed by atoms with Crippen molar-refractivity contribution in [3.8, 4) is 0 Å². The Bertz CT molecular complexity index is 121. The minimum absolute atomic E-state index is 0.157. The Balaban J connectivity index is 2.25. The lowest BCUT2D eigenvalue weighted by Crippen LogP contribution is -2.28. The summed E-state index contributed by atoms with van der Waals surface area (Å²) in [4.78, 5) is 11.1. The Kier molecular flexibility index (Phi) is 3.22. The van der Waals surface area contributed by atoms with Crippen LogP contribution in [-0.2, 0) is 4.79 Å². The van der Waals surface area contributed by atoms with Crippen molar-refractivity contribution >= 4 is 16.9 Å². The molecule has 1 atom stereocenters. The van der Waals surface area contributed by atoms with Crippen molar-refractivity contribution in [2.75, 3.05) is 12.3 Å². The van der Waals surface area contributed by atoms with Crippen LogP contribution in [0.3, 0.4) is 0 Å². The summed E-state index contributed by atoms with van der Waals surface area (Å²) in [5.74, 6) is 0.900. The van der Waals surface area contributed by atoms with E-state index in [-0.39, 0.29) is 6.04 Å². The number of thioether (sulfide) groups is 1. The van der Waals surface area contributed by atoms with Gasteiger partial charge in [0.1, 0.15) is 0 Å². The van der Waals surface area contributed by atoms with Crippen LogP contribution in [0, 0.1) is 0 Å². The van der Waals surface area contributed by atoms with E-state index in [2.05, 4.69) is 5.32 Å². The molecule has 1 heterocycles. The van der Waals surface area contributed by atoms with Crippen molar-refractivity contribution in [3.05, 3.63) is 0 Å². The van der Waals surface area contributed by atoms with Gasteiger partial charge in [-0.25, -0.2) is 0 Å². The van der Waals surface area contributed by atoms with Crippen LogP contribution in [0.15, 0.2) is 0 Å². The van der Waals surface area contributed by atoms with Crippen molar-refractivity contribution in [2.24, 2.45) is 0 Å². The summed E-state index contributed by atoms with van der Waals surface area (Å²) in [6.45, 7) is 3.03. The maximum atomic E-state index is 11.1. The molecule has 1 rings (SSSR count). The Morgan fingerprint density at radius 3 is 3.10 bits per heavy atom. The smallest absolute Gasteiger partial charge is 0.205 e.